The summed E-state index contributed by atoms with van der Waals surface area (Å²) in [4.78, 5) is 11.2. The minimum absolute atomic E-state index is 0.807. The lowest BCUT2D eigenvalue weighted by Gasteiger charge is -2.19. The largest absolute Gasteiger partial charge is 0.366 e. The highest BCUT2D eigenvalue weighted by molar-refractivity contribution is 9.10. The van der Waals surface area contributed by atoms with Gasteiger partial charge in [-0.3, -0.25) is 0 Å². The van der Waals surface area contributed by atoms with Gasteiger partial charge in [0.1, 0.15) is 4.60 Å². The SMILES string of the molecule is CCCN(CC)CCNc1nc(Br)cn2ccnc12. The number of halogens is 1. The number of fused-ring (bicyclic) bond motifs is 1. The first-order valence-corrected chi connectivity index (χ1v) is 7.49. The Morgan fingerprint density at radius 1 is 1.37 bits per heavy atom. The third-order valence-corrected chi connectivity index (χ3v) is 3.43. The van der Waals surface area contributed by atoms with Gasteiger partial charge in [-0.25, -0.2) is 9.97 Å². The van der Waals surface area contributed by atoms with Crippen LogP contribution in [0.3, 0.4) is 0 Å². The average Bonchev–Trinajstić information content (AvgIpc) is 2.85. The molecule has 0 bridgehead atoms. The monoisotopic (exact) mass is 325 g/mol. The van der Waals surface area contributed by atoms with Gasteiger partial charge in [0.05, 0.1) is 0 Å². The third-order valence-electron chi connectivity index (χ3n) is 3.05. The fraction of sp³-hybridized carbons (Fsp3) is 0.538. The van der Waals surface area contributed by atoms with Gasteiger partial charge in [0.2, 0.25) is 0 Å². The molecule has 0 aliphatic carbocycles. The number of imidazole rings is 1. The van der Waals surface area contributed by atoms with Gasteiger partial charge in [0.25, 0.3) is 0 Å². The predicted octanol–water partition coefficient (Wildman–Crippen LogP) is 2.64. The van der Waals surface area contributed by atoms with Gasteiger partial charge in [0, 0.05) is 31.7 Å². The van der Waals surface area contributed by atoms with Crippen molar-refractivity contribution in [2.75, 3.05) is 31.5 Å². The number of nitrogens with one attached hydrogen (secondary N) is 1. The van der Waals surface area contributed by atoms with E-state index in [0.29, 0.717) is 0 Å². The molecule has 2 rings (SSSR count). The van der Waals surface area contributed by atoms with E-state index in [1.807, 2.05) is 16.8 Å². The van der Waals surface area contributed by atoms with E-state index < -0.39 is 0 Å². The van der Waals surface area contributed by atoms with Crippen LogP contribution in [0.1, 0.15) is 20.3 Å². The molecule has 2 aromatic heterocycles. The summed E-state index contributed by atoms with van der Waals surface area (Å²) in [7, 11) is 0. The Hall–Kier alpha value is -1.14. The van der Waals surface area contributed by atoms with Crippen LogP contribution in [-0.2, 0) is 0 Å². The lowest BCUT2D eigenvalue weighted by Crippen LogP contribution is -2.29. The Kier molecular flexibility index (Phi) is 5.15. The molecule has 0 radical (unpaired) electrons. The molecule has 2 heterocycles. The molecule has 0 fully saturated rings. The molecule has 0 aliphatic heterocycles. The minimum Gasteiger partial charge on any atom is -0.366 e. The molecule has 0 atom stereocenters. The number of nitrogens with zero attached hydrogens (tertiary/aromatic N) is 4. The van der Waals surface area contributed by atoms with Crippen molar-refractivity contribution in [1.82, 2.24) is 19.3 Å². The Balaban J connectivity index is 1.99. The molecule has 0 saturated carbocycles. The van der Waals surface area contributed by atoms with Crippen molar-refractivity contribution >= 4 is 27.4 Å². The molecular weight excluding hydrogens is 306 g/mol. The fourth-order valence-corrected chi connectivity index (χ4v) is 2.49. The molecule has 2 aromatic rings. The summed E-state index contributed by atoms with van der Waals surface area (Å²) in [6, 6.07) is 0. The highest BCUT2D eigenvalue weighted by atomic mass is 79.9. The van der Waals surface area contributed by atoms with E-state index in [1.165, 1.54) is 6.42 Å². The summed E-state index contributed by atoms with van der Waals surface area (Å²) >= 11 is 3.42. The molecule has 0 aliphatic rings. The molecular formula is C13H20BrN5. The predicted molar refractivity (Wildman–Crippen MR) is 81.6 cm³/mol. The van der Waals surface area contributed by atoms with Crippen LogP contribution in [0.2, 0.25) is 0 Å². The highest BCUT2D eigenvalue weighted by Gasteiger charge is 2.06. The summed E-state index contributed by atoms with van der Waals surface area (Å²) in [5, 5.41) is 3.37. The van der Waals surface area contributed by atoms with Gasteiger partial charge in [-0.15, -0.1) is 0 Å². The van der Waals surface area contributed by atoms with Crippen molar-refractivity contribution in [3.8, 4) is 0 Å². The second-order valence-electron chi connectivity index (χ2n) is 4.43. The van der Waals surface area contributed by atoms with Crippen molar-refractivity contribution in [2.24, 2.45) is 0 Å². The lowest BCUT2D eigenvalue weighted by molar-refractivity contribution is 0.300. The maximum absolute atomic E-state index is 4.45. The molecule has 0 spiro atoms. The van der Waals surface area contributed by atoms with Gasteiger partial charge < -0.3 is 14.6 Å². The van der Waals surface area contributed by atoms with Crippen LogP contribution in [-0.4, -0.2) is 45.4 Å². The minimum atomic E-state index is 0.807. The Morgan fingerprint density at radius 2 is 2.21 bits per heavy atom. The maximum Gasteiger partial charge on any atom is 0.180 e. The van der Waals surface area contributed by atoms with Crippen molar-refractivity contribution in [1.29, 1.82) is 0 Å². The van der Waals surface area contributed by atoms with Crippen LogP contribution in [0.25, 0.3) is 5.65 Å². The first-order chi connectivity index (χ1) is 9.24. The van der Waals surface area contributed by atoms with E-state index >= 15 is 0 Å². The maximum atomic E-state index is 4.45. The lowest BCUT2D eigenvalue weighted by atomic mass is 10.4. The zero-order chi connectivity index (χ0) is 13.7. The van der Waals surface area contributed by atoms with E-state index in [-0.39, 0.29) is 0 Å². The Morgan fingerprint density at radius 3 is 2.95 bits per heavy atom. The number of hydrogen-bond acceptors (Lipinski definition) is 4. The standard InChI is InChI=1S/C13H20BrN5/c1-3-7-18(4-2)8-5-15-12-13-16-6-9-19(13)10-11(14)17-12/h6,9-10H,3-5,7-8H2,1-2H3,(H,15,17). The topological polar surface area (TPSA) is 45.5 Å². The van der Waals surface area contributed by atoms with E-state index in [2.05, 4.69) is 50.0 Å². The van der Waals surface area contributed by atoms with Crippen molar-refractivity contribution in [3.63, 3.8) is 0 Å². The second-order valence-corrected chi connectivity index (χ2v) is 5.24. The van der Waals surface area contributed by atoms with Crippen LogP contribution >= 0.6 is 15.9 Å². The highest BCUT2D eigenvalue weighted by Crippen LogP contribution is 2.16. The quantitative estimate of drug-likeness (QED) is 0.850. The van der Waals surface area contributed by atoms with Crippen LogP contribution in [0, 0.1) is 0 Å². The first kappa shape index (κ1) is 14.3. The molecule has 1 N–H and O–H groups in total. The molecule has 104 valence electrons. The molecule has 0 saturated heterocycles. The zero-order valence-electron chi connectivity index (χ0n) is 11.4. The van der Waals surface area contributed by atoms with E-state index in [0.717, 1.165) is 42.2 Å². The summed E-state index contributed by atoms with van der Waals surface area (Å²) in [6.07, 6.45) is 6.79. The number of likely N-dealkylation sites (N-methyl/N-ethyl adjacent to an activating group) is 1. The number of anilines is 1. The Labute approximate surface area is 122 Å². The summed E-state index contributed by atoms with van der Waals surface area (Å²) < 4.78 is 2.77. The number of hydrogen-bond donors (Lipinski definition) is 1. The third kappa shape index (κ3) is 3.67. The van der Waals surface area contributed by atoms with E-state index in [4.69, 9.17) is 0 Å². The molecule has 6 heteroatoms. The molecule has 19 heavy (non-hydrogen) atoms. The normalized spacial score (nSPS) is 11.4. The van der Waals surface area contributed by atoms with E-state index in [1.54, 1.807) is 6.20 Å². The van der Waals surface area contributed by atoms with Gasteiger partial charge in [0.15, 0.2) is 11.5 Å². The number of aromatic nitrogens is 3. The van der Waals surface area contributed by atoms with Gasteiger partial charge in [-0.2, -0.15) is 0 Å². The fourth-order valence-electron chi connectivity index (χ4n) is 2.10. The van der Waals surface area contributed by atoms with E-state index in [9.17, 15) is 0 Å². The molecule has 0 amide bonds. The first-order valence-electron chi connectivity index (χ1n) is 6.70. The summed E-state index contributed by atoms with van der Waals surface area (Å²) in [6.45, 7) is 8.52. The van der Waals surface area contributed by atoms with Crippen molar-refractivity contribution in [3.05, 3.63) is 23.2 Å². The second kappa shape index (κ2) is 6.86. The smallest absolute Gasteiger partial charge is 0.180 e. The summed E-state index contributed by atoms with van der Waals surface area (Å²) in [5.74, 6) is 0.826. The van der Waals surface area contributed by atoms with Crippen molar-refractivity contribution in [2.45, 2.75) is 20.3 Å². The van der Waals surface area contributed by atoms with Crippen LogP contribution in [0.4, 0.5) is 5.82 Å². The van der Waals surface area contributed by atoms with Crippen LogP contribution in [0.5, 0.6) is 0 Å². The van der Waals surface area contributed by atoms with Crippen LogP contribution in [0.15, 0.2) is 23.2 Å². The number of rotatable bonds is 7. The van der Waals surface area contributed by atoms with Gasteiger partial charge >= 0.3 is 0 Å². The average molecular weight is 326 g/mol. The van der Waals surface area contributed by atoms with Crippen LogP contribution < -0.4 is 5.32 Å². The molecule has 5 nitrogen and oxygen atoms in total. The van der Waals surface area contributed by atoms with Gasteiger partial charge in [-0.1, -0.05) is 13.8 Å². The van der Waals surface area contributed by atoms with Crippen molar-refractivity contribution < 1.29 is 0 Å². The molecule has 0 aromatic carbocycles. The van der Waals surface area contributed by atoms with Gasteiger partial charge in [-0.05, 0) is 35.4 Å². The molecule has 0 unspecified atom stereocenters. The zero-order valence-corrected chi connectivity index (χ0v) is 13.0. The summed E-state index contributed by atoms with van der Waals surface area (Å²) in [5.41, 5.74) is 0.863. The Bertz CT molecular complexity index is 525.